The summed E-state index contributed by atoms with van der Waals surface area (Å²) in [5, 5.41) is 3.21. The molecule has 1 aromatic carbocycles. The highest BCUT2D eigenvalue weighted by Crippen LogP contribution is 2.25. The van der Waals surface area contributed by atoms with Crippen LogP contribution in [0.2, 0.25) is 0 Å². The van der Waals surface area contributed by atoms with Gasteiger partial charge < -0.3 is 14.8 Å². The maximum atomic E-state index is 12.0. The topological polar surface area (TPSA) is 30.5 Å². The fourth-order valence-corrected chi connectivity index (χ4v) is 1.91. The number of rotatable bonds is 6. The molecule has 0 aliphatic rings. The van der Waals surface area contributed by atoms with Crippen molar-refractivity contribution in [3.05, 3.63) is 24.3 Å². The lowest BCUT2D eigenvalue weighted by molar-refractivity contribution is -0.274. The maximum Gasteiger partial charge on any atom is 0.573 e. The zero-order valence-corrected chi connectivity index (χ0v) is 12.0. The number of hydrogen-bond donors (Lipinski definition) is 1. The number of halogens is 3. The lowest BCUT2D eigenvalue weighted by Crippen LogP contribution is -2.31. The molecule has 0 saturated carbocycles. The van der Waals surface area contributed by atoms with Crippen molar-refractivity contribution in [2.45, 2.75) is 45.2 Å². The first-order valence-corrected chi connectivity index (χ1v) is 6.29. The van der Waals surface area contributed by atoms with Gasteiger partial charge in [-0.25, -0.2) is 0 Å². The zero-order valence-electron chi connectivity index (χ0n) is 12.0. The van der Waals surface area contributed by atoms with E-state index in [1.165, 1.54) is 12.1 Å². The van der Waals surface area contributed by atoms with Crippen LogP contribution in [0.5, 0.6) is 5.75 Å². The van der Waals surface area contributed by atoms with Crippen molar-refractivity contribution < 1.29 is 22.6 Å². The van der Waals surface area contributed by atoms with E-state index in [9.17, 15) is 13.2 Å². The summed E-state index contributed by atoms with van der Waals surface area (Å²) < 4.78 is 45.2. The Hall–Kier alpha value is -1.43. The summed E-state index contributed by atoms with van der Waals surface area (Å²) in [5.74, 6) is -0.229. The van der Waals surface area contributed by atoms with Crippen LogP contribution in [0.3, 0.4) is 0 Å². The van der Waals surface area contributed by atoms with Crippen LogP contribution in [0, 0.1) is 0 Å². The third kappa shape index (κ3) is 6.14. The van der Waals surface area contributed by atoms with Crippen LogP contribution in [0.1, 0.15) is 27.2 Å². The van der Waals surface area contributed by atoms with Crippen LogP contribution in [0.4, 0.5) is 18.9 Å². The largest absolute Gasteiger partial charge is 0.573 e. The molecule has 1 unspecified atom stereocenters. The first kappa shape index (κ1) is 16.6. The van der Waals surface area contributed by atoms with Crippen LogP contribution >= 0.6 is 0 Å². The average molecular weight is 291 g/mol. The summed E-state index contributed by atoms with van der Waals surface area (Å²) in [7, 11) is 1.65. The predicted molar refractivity (Wildman–Crippen MR) is 71.9 cm³/mol. The smallest absolute Gasteiger partial charge is 0.406 e. The summed E-state index contributed by atoms with van der Waals surface area (Å²) in [4.78, 5) is 0. The molecule has 114 valence electrons. The minimum absolute atomic E-state index is 0.124. The summed E-state index contributed by atoms with van der Waals surface area (Å²) in [5.41, 5.74) is 0.477. The van der Waals surface area contributed by atoms with Crippen LogP contribution in [-0.2, 0) is 4.74 Å². The van der Waals surface area contributed by atoms with E-state index in [-0.39, 0.29) is 17.4 Å². The number of anilines is 1. The van der Waals surface area contributed by atoms with Crippen molar-refractivity contribution >= 4 is 5.69 Å². The summed E-state index contributed by atoms with van der Waals surface area (Å²) in [6.45, 7) is 5.94. The number of ether oxygens (including phenoxy) is 2. The molecule has 1 N–H and O–H groups in total. The summed E-state index contributed by atoms with van der Waals surface area (Å²) in [6.07, 6.45) is -3.89. The van der Waals surface area contributed by atoms with Crippen LogP contribution < -0.4 is 10.1 Å². The van der Waals surface area contributed by atoms with Gasteiger partial charge in [0.15, 0.2) is 0 Å². The molecule has 1 rings (SSSR count). The van der Waals surface area contributed by atoms with E-state index in [1.54, 1.807) is 19.2 Å². The minimum Gasteiger partial charge on any atom is -0.406 e. The average Bonchev–Trinajstić information content (AvgIpc) is 2.29. The molecule has 1 aromatic rings. The second-order valence-corrected chi connectivity index (χ2v) is 5.29. The van der Waals surface area contributed by atoms with Gasteiger partial charge in [-0.3, -0.25) is 0 Å². The molecule has 0 radical (unpaired) electrons. The Bertz CT molecular complexity index is 415. The molecular weight excluding hydrogens is 271 g/mol. The number of nitrogens with one attached hydrogen (secondary N) is 1. The van der Waals surface area contributed by atoms with E-state index in [1.807, 2.05) is 20.8 Å². The van der Waals surface area contributed by atoms with Gasteiger partial charge in [0.05, 0.1) is 5.60 Å². The van der Waals surface area contributed by atoms with Gasteiger partial charge in [-0.1, -0.05) is 0 Å². The molecule has 0 heterocycles. The third-order valence-electron chi connectivity index (χ3n) is 2.85. The highest BCUT2D eigenvalue weighted by atomic mass is 19.4. The molecule has 3 nitrogen and oxygen atoms in total. The Balaban J connectivity index is 2.57. The quantitative estimate of drug-likeness (QED) is 0.852. The molecule has 0 aliphatic heterocycles. The van der Waals surface area contributed by atoms with E-state index in [2.05, 4.69) is 10.1 Å². The highest BCUT2D eigenvalue weighted by molar-refractivity contribution is 5.47. The van der Waals surface area contributed by atoms with E-state index >= 15 is 0 Å². The molecule has 0 saturated heterocycles. The molecule has 0 amide bonds. The Morgan fingerprint density at radius 3 is 2.15 bits per heavy atom. The monoisotopic (exact) mass is 291 g/mol. The van der Waals surface area contributed by atoms with Gasteiger partial charge in [0.2, 0.25) is 0 Å². The fourth-order valence-electron chi connectivity index (χ4n) is 1.91. The van der Waals surface area contributed by atoms with Crippen molar-refractivity contribution in [2.75, 3.05) is 12.4 Å². The van der Waals surface area contributed by atoms with Crippen molar-refractivity contribution in [2.24, 2.45) is 0 Å². The van der Waals surface area contributed by atoms with Gasteiger partial charge in [-0.2, -0.15) is 0 Å². The van der Waals surface area contributed by atoms with Gasteiger partial charge in [0.25, 0.3) is 0 Å². The van der Waals surface area contributed by atoms with Crippen LogP contribution in [-0.4, -0.2) is 25.1 Å². The van der Waals surface area contributed by atoms with E-state index in [0.717, 1.165) is 12.1 Å². The Labute approximate surface area is 117 Å². The molecule has 20 heavy (non-hydrogen) atoms. The summed E-state index contributed by atoms with van der Waals surface area (Å²) >= 11 is 0. The fraction of sp³-hybridized carbons (Fsp3) is 0.571. The van der Waals surface area contributed by atoms with Crippen LogP contribution in [0.15, 0.2) is 24.3 Å². The van der Waals surface area contributed by atoms with E-state index in [0.29, 0.717) is 0 Å². The molecule has 0 bridgehead atoms. The first-order valence-electron chi connectivity index (χ1n) is 6.29. The normalized spacial score (nSPS) is 13.9. The second-order valence-electron chi connectivity index (χ2n) is 5.29. The SMILES string of the molecule is COC(C)(C)CC(C)Nc1ccc(OC(F)(F)F)cc1. The second kappa shape index (κ2) is 6.35. The first-order chi connectivity index (χ1) is 9.11. The van der Waals surface area contributed by atoms with Gasteiger partial charge >= 0.3 is 6.36 Å². The minimum atomic E-state index is -4.66. The molecule has 0 fully saturated rings. The molecule has 6 heteroatoms. The number of methoxy groups -OCH3 is 1. The third-order valence-corrected chi connectivity index (χ3v) is 2.85. The van der Waals surface area contributed by atoms with Gasteiger partial charge in [0, 0.05) is 18.8 Å². The Morgan fingerprint density at radius 2 is 1.70 bits per heavy atom. The molecule has 1 atom stereocenters. The van der Waals surface area contributed by atoms with E-state index in [4.69, 9.17) is 4.74 Å². The van der Waals surface area contributed by atoms with Gasteiger partial charge in [-0.05, 0) is 51.5 Å². The number of alkyl halides is 3. The molecule has 0 aliphatic carbocycles. The molecular formula is C14H20F3NO2. The maximum absolute atomic E-state index is 12.0. The van der Waals surface area contributed by atoms with Crippen LogP contribution in [0.25, 0.3) is 0 Å². The van der Waals surface area contributed by atoms with Crippen molar-refractivity contribution in [1.82, 2.24) is 0 Å². The number of benzene rings is 1. The zero-order chi connectivity index (χ0) is 15.4. The summed E-state index contributed by atoms with van der Waals surface area (Å²) in [6, 6.07) is 5.79. The number of hydrogen-bond acceptors (Lipinski definition) is 3. The van der Waals surface area contributed by atoms with Crippen molar-refractivity contribution in [3.63, 3.8) is 0 Å². The van der Waals surface area contributed by atoms with Crippen molar-refractivity contribution in [1.29, 1.82) is 0 Å². The molecule has 0 aromatic heterocycles. The standard InChI is InChI=1S/C14H20F3NO2/c1-10(9-13(2,3)19-4)18-11-5-7-12(8-6-11)20-14(15,16)17/h5-8,10,18H,9H2,1-4H3. The lowest BCUT2D eigenvalue weighted by atomic mass is 10.00. The lowest BCUT2D eigenvalue weighted by Gasteiger charge is -2.27. The van der Waals surface area contributed by atoms with Gasteiger partial charge in [0.1, 0.15) is 5.75 Å². The van der Waals surface area contributed by atoms with Gasteiger partial charge in [-0.15, -0.1) is 13.2 Å². The van der Waals surface area contributed by atoms with Crippen molar-refractivity contribution in [3.8, 4) is 5.75 Å². The van der Waals surface area contributed by atoms with E-state index < -0.39 is 6.36 Å². The predicted octanol–water partition coefficient (Wildman–Crippen LogP) is 4.20. The highest BCUT2D eigenvalue weighted by Gasteiger charge is 2.31. The Kier molecular flexibility index (Phi) is 5.28. The molecule has 0 spiro atoms. The Morgan fingerprint density at radius 1 is 1.15 bits per heavy atom.